The molecule has 0 saturated heterocycles. The minimum Gasteiger partial charge on any atom is -0.396 e. The first-order chi connectivity index (χ1) is 6.91. The Balaban J connectivity index is 3.52. The maximum atomic E-state index is 13.7. The molecule has 0 aliphatic carbocycles. The van der Waals surface area contributed by atoms with Crippen molar-refractivity contribution < 1.29 is 4.39 Å². The molecule has 0 aliphatic heterocycles. The first-order valence-corrected chi connectivity index (χ1v) is 5.53. The molecule has 0 heterocycles. The van der Waals surface area contributed by atoms with Gasteiger partial charge in [0.15, 0.2) is 5.82 Å². The summed E-state index contributed by atoms with van der Waals surface area (Å²) >= 11 is 6.07. The fraction of sp³-hybridized carbons (Fsp3) is 0.500. The van der Waals surface area contributed by atoms with Gasteiger partial charge in [0.25, 0.3) is 0 Å². The van der Waals surface area contributed by atoms with E-state index in [2.05, 4.69) is 6.92 Å². The maximum Gasteiger partial charge on any atom is 0.150 e. The van der Waals surface area contributed by atoms with E-state index < -0.39 is 0 Å². The summed E-state index contributed by atoms with van der Waals surface area (Å²) in [5, 5.41) is 0.497. The van der Waals surface area contributed by atoms with Crippen LogP contribution in [0.25, 0.3) is 0 Å². The number of nitrogens with two attached hydrogens (primary N) is 1. The molecule has 0 spiro atoms. The molecule has 0 amide bonds. The summed E-state index contributed by atoms with van der Waals surface area (Å²) in [7, 11) is 0. The van der Waals surface area contributed by atoms with Gasteiger partial charge in [0.05, 0.1) is 5.69 Å². The van der Waals surface area contributed by atoms with Crippen LogP contribution in [0.4, 0.5) is 10.1 Å². The zero-order chi connectivity index (χ0) is 11.7. The van der Waals surface area contributed by atoms with E-state index >= 15 is 0 Å². The summed E-state index contributed by atoms with van der Waals surface area (Å²) in [6, 6.07) is 0. The Morgan fingerprint density at radius 3 is 2.33 bits per heavy atom. The Kier molecular flexibility index (Phi) is 3.61. The van der Waals surface area contributed by atoms with Gasteiger partial charge in [0, 0.05) is 10.6 Å². The third kappa shape index (κ3) is 1.96. The number of halogens is 2. The standard InChI is InChI=1S/C12H17ClFN/c1-5-6(2)9-7(3)10(13)8(4)11(14)12(9)15/h6H,5,15H2,1-4H3. The van der Waals surface area contributed by atoms with Crippen LogP contribution in [0.3, 0.4) is 0 Å². The minimum absolute atomic E-state index is 0.234. The average Bonchev–Trinajstić information content (AvgIpc) is 2.23. The summed E-state index contributed by atoms with van der Waals surface area (Å²) in [6.07, 6.45) is 0.921. The van der Waals surface area contributed by atoms with Crippen molar-refractivity contribution in [2.75, 3.05) is 5.73 Å². The molecule has 0 radical (unpaired) electrons. The van der Waals surface area contributed by atoms with Gasteiger partial charge >= 0.3 is 0 Å². The molecule has 2 N–H and O–H groups in total. The van der Waals surface area contributed by atoms with E-state index in [0.717, 1.165) is 17.5 Å². The topological polar surface area (TPSA) is 26.0 Å². The fourth-order valence-electron chi connectivity index (χ4n) is 1.86. The lowest BCUT2D eigenvalue weighted by molar-refractivity contribution is 0.615. The summed E-state index contributed by atoms with van der Waals surface area (Å²) in [5.41, 5.74) is 8.25. The van der Waals surface area contributed by atoms with Crippen molar-refractivity contribution in [2.24, 2.45) is 0 Å². The minimum atomic E-state index is -0.374. The summed E-state index contributed by atoms with van der Waals surface area (Å²) in [5.74, 6) is -0.140. The second-order valence-electron chi connectivity index (χ2n) is 4.01. The van der Waals surface area contributed by atoms with Crippen LogP contribution >= 0.6 is 11.6 Å². The maximum absolute atomic E-state index is 13.7. The second-order valence-corrected chi connectivity index (χ2v) is 4.39. The van der Waals surface area contributed by atoms with E-state index in [-0.39, 0.29) is 17.4 Å². The number of nitrogen functional groups attached to an aromatic ring is 1. The summed E-state index contributed by atoms with van der Waals surface area (Å²) in [4.78, 5) is 0. The molecule has 1 nitrogen and oxygen atoms in total. The van der Waals surface area contributed by atoms with Gasteiger partial charge in [0.2, 0.25) is 0 Å². The van der Waals surface area contributed by atoms with Gasteiger partial charge in [0.1, 0.15) is 0 Å². The van der Waals surface area contributed by atoms with Crippen molar-refractivity contribution in [2.45, 2.75) is 40.0 Å². The monoisotopic (exact) mass is 229 g/mol. The van der Waals surface area contributed by atoms with Crippen molar-refractivity contribution in [3.63, 3.8) is 0 Å². The lowest BCUT2D eigenvalue weighted by atomic mass is 9.91. The van der Waals surface area contributed by atoms with Crippen LogP contribution in [-0.4, -0.2) is 0 Å². The molecule has 3 heteroatoms. The molecule has 1 aromatic carbocycles. The molecule has 0 aromatic heterocycles. The Morgan fingerprint density at radius 1 is 1.33 bits per heavy atom. The zero-order valence-electron chi connectivity index (χ0n) is 9.62. The van der Waals surface area contributed by atoms with Gasteiger partial charge in [-0.25, -0.2) is 4.39 Å². The Bertz CT molecular complexity index is 359. The van der Waals surface area contributed by atoms with E-state index in [1.807, 2.05) is 13.8 Å². The van der Waals surface area contributed by atoms with Crippen molar-refractivity contribution in [1.29, 1.82) is 0 Å². The third-order valence-corrected chi connectivity index (χ3v) is 3.59. The van der Waals surface area contributed by atoms with Gasteiger partial charge in [-0.3, -0.25) is 0 Å². The molecule has 0 aliphatic rings. The number of hydrogen-bond donors (Lipinski definition) is 1. The smallest absolute Gasteiger partial charge is 0.150 e. The molecule has 1 rings (SSSR count). The van der Waals surface area contributed by atoms with Crippen molar-refractivity contribution >= 4 is 17.3 Å². The predicted octanol–water partition coefficient (Wildman–Crippen LogP) is 4.19. The van der Waals surface area contributed by atoms with E-state index in [1.54, 1.807) is 6.92 Å². The van der Waals surface area contributed by atoms with Crippen LogP contribution in [-0.2, 0) is 0 Å². The highest BCUT2D eigenvalue weighted by molar-refractivity contribution is 6.32. The molecule has 0 saturated carbocycles. The van der Waals surface area contributed by atoms with Gasteiger partial charge in [-0.2, -0.15) is 0 Å². The molecule has 15 heavy (non-hydrogen) atoms. The number of hydrogen-bond acceptors (Lipinski definition) is 1. The fourth-order valence-corrected chi connectivity index (χ4v) is 2.04. The quantitative estimate of drug-likeness (QED) is 0.756. The first-order valence-electron chi connectivity index (χ1n) is 5.15. The van der Waals surface area contributed by atoms with Crippen LogP contribution in [0.1, 0.15) is 42.9 Å². The lowest BCUT2D eigenvalue weighted by Gasteiger charge is -2.19. The molecule has 1 aromatic rings. The average molecular weight is 230 g/mol. The van der Waals surface area contributed by atoms with Crippen molar-refractivity contribution in [3.8, 4) is 0 Å². The van der Waals surface area contributed by atoms with Crippen LogP contribution in [0.5, 0.6) is 0 Å². The Labute approximate surface area is 95.4 Å². The predicted molar refractivity (Wildman–Crippen MR) is 64.0 cm³/mol. The molecule has 0 bridgehead atoms. The van der Waals surface area contributed by atoms with Crippen LogP contribution < -0.4 is 5.73 Å². The van der Waals surface area contributed by atoms with Crippen LogP contribution in [0.15, 0.2) is 0 Å². The normalized spacial score (nSPS) is 12.9. The van der Waals surface area contributed by atoms with Gasteiger partial charge in [-0.05, 0) is 37.3 Å². The highest BCUT2D eigenvalue weighted by atomic mass is 35.5. The highest BCUT2D eigenvalue weighted by Gasteiger charge is 2.19. The molecule has 1 atom stereocenters. The summed E-state index contributed by atoms with van der Waals surface area (Å²) < 4.78 is 13.7. The molecule has 84 valence electrons. The van der Waals surface area contributed by atoms with E-state index in [4.69, 9.17) is 17.3 Å². The van der Waals surface area contributed by atoms with Crippen molar-refractivity contribution in [3.05, 3.63) is 27.5 Å². The molecular weight excluding hydrogens is 213 g/mol. The van der Waals surface area contributed by atoms with E-state index in [9.17, 15) is 4.39 Å². The molecular formula is C12H17ClFN. The van der Waals surface area contributed by atoms with Crippen LogP contribution in [0.2, 0.25) is 5.02 Å². The lowest BCUT2D eigenvalue weighted by Crippen LogP contribution is -2.07. The molecule has 0 fully saturated rings. The Hall–Kier alpha value is -0.760. The van der Waals surface area contributed by atoms with E-state index in [1.165, 1.54) is 0 Å². The van der Waals surface area contributed by atoms with Gasteiger partial charge in [-0.15, -0.1) is 0 Å². The number of benzene rings is 1. The van der Waals surface area contributed by atoms with Gasteiger partial charge in [-0.1, -0.05) is 25.4 Å². The SMILES string of the molecule is CCC(C)c1c(C)c(Cl)c(C)c(F)c1N. The van der Waals surface area contributed by atoms with Crippen molar-refractivity contribution in [1.82, 2.24) is 0 Å². The first kappa shape index (κ1) is 12.3. The number of anilines is 1. The largest absolute Gasteiger partial charge is 0.396 e. The molecule has 1 unspecified atom stereocenters. The Morgan fingerprint density at radius 2 is 1.87 bits per heavy atom. The number of rotatable bonds is 2. The summed E-state index contributed by atoms with van der Waals surface area (Å²) in [6.45, 7) is 7.63. The zero-order valence-corrected chi connectivity index (χ0v) is 10.4. The third-order valence-electron chi connectivity index (χ3n) is 3.02. The van der Waals surface area contributed by atoms with Gasteiger partial charge < -0.3 is 5.73 Å². The highest BCUT2D eigenvalue weighted by Crippen LogP contribution is 2.36. The second kappa shape index (κ2) is 4.40. The van der Waals surface area contributed by atoms with E-state index in [0.29, 0.717) is 10.6 Å². The van der Waals surface area contributed by atoms with Crippen LogP contribution in [0, 0.1) is 19.7 Å².